The number of amides is 2. The summed E-state index contributed by atoms with van der Waals surface area (Å²) in [5, 5.41) is 7.76. The van der Waals surface area contributed by atoms with Gasteiger partial charge in [-0.25, -0.2) is 0 Å². The van der Waals surface area contributed by atoms with Gasteiger partial charge in [0.05, 0.1) is 0 Å². The predicted octanol–water partition coefficient (Wildman–Crippen LogP) is 4.32. The highest BCUT2D eigenvalue weighted by molar-refractivity contribution is 7.13. The number of para-hydroxylation sites is 1. The largest absolute Gasteiger partial charge is 0.484 e. The van der Waals surface area contributed by atoms with Gasteiger partial charge in [0.2, 0.25) is 5.91 Å². The number of hydrogen-bond donors (Lipinski definition) is 2. The van der Waals surface area contributed by atoms with Gasteiger partial charge in [-0.15, -0.1) is 11.3 Å². The maximum atomic E-state index is 12.3. The number of anilines is 2. The number of carbonyl (C=O) groups excluding carboxylic acids is 2. The van der Waals surface area contributed by atoms with Crippen LogP contribution >= 0.6 is 11.3 Å². The van der Waals surface area contributed by atoms with Crippen molar-refractivity contribution in [3.63, 3.8) is 0 Å². The number of thiophene rings is 1. The molecule has 2 heterocycles. The highest BCUT2D eigenvalue weighted by Crippen LogP contribution is 2.31. The van der Waals surface area contributed by atoms with Gasteiger partial charge < -0.3 is 15.4 Å². The van der Waals surface area contributed by atoms with Gasteiger partial charge in [0.25, 0.3) is 5.91 Å². The van der Waals surface area contributed by atoms with Crippen molar-refractivity contribution < 1.29 is 14.3 Å². The molecular formula is C21H18N2O3S. The molecule has 0 saturated heterocycles. The number of rotatable bonds is 5. The van der Waals surface area contributed by atoms with Crippen molar-refractivity contribution in [1.29, 1.82) is 0 Å². The standard InChI is InChI=1S/C21H18N2O3S/c24-20-10-7-14-12-15(8-9-17(14)22-20)26-13-21(25)23-18-5-2-1-4-16(18)19-6-3-11-27-19/h1-6,8-9,11-12H,7,10,13H2,(H,22,24)(H,23,25). The van der Waals surface area contributed by atoms with Gasteiger partial charge in [-0.2, -0.15) is 0 Å². The van der Waals surface area contributed by atoms with Crippen LogP contribution in [-0.4, -0.2) is 18.4 Å². The van der Waals surface area contributed by atoms with Crippen LogP contribution in [0.5, 0.6) is 5.75 Å². The Morgan fingerprint density at radius 3 is 2.85 bits per heavy atom. The Morgan fingerprint density at radius 1 is 1.11 bits per heavy atom. The molecule has 4 rings (SSSR count). The van der Waals surface area contributed by atoms with E-state index in [1.807, 2.05) is 53.9 Å². The van der Waals surface area contributed by atoms with E-state index in [-0.39, 0.29) is 18.4 Å². The monoisotopic (exact) mass is 378 g/mol. The molecule has 136 valence electrons. The molecule has 3 aromatic rings. The Hall–Kier alpha value is -3.12. The van der Waals surface area contributed by atoms with Crippen molar-refractivity contribution in [2.45, 2.75) is 12.8 Å². The van der Waals surface area contributed by atoms with E-state index in [2.05, 4.69) is 10.6 Å². The van der Waals surface area contributed by atoms with E-state index in [4.69, 9.17) is 4.74 Å². The molecule has 0 atom stereocenters. The molecule has 27 heavy (non-hydrogen) atoms. The lowest BCUT2D eigenvalue weighted by Crippen LogP contribution is -2.21. The molecule has 1 aliphatic rings. The number of nitrogens with one attached hydrogen (secondary N) is 2. The Bertz CT molecular complexity index is 983. The highest BCUT2D eigenvalue weighted by Gasteiger charge is 2.15. The molecule has 1 aromatic heterocycles. The first-order chi connectivity index (χ1) is 13.2. The highest BCUT2D eigenvalue weighted by atomic mass is 32.1. The molecule has 5 nitrogen and oxygen atoms in total. The number of ether oxygens (including phenoxy) is 1. The number of fused-ring (bicyclic) bond motifs is 1. The van der Waals surface area contributed by atoms with Crippen molar-refractivity contribution in [2.24, 2.45) is 0 Å². The number of aryl methyl sites for hydroxylation is 1. The van der Waals surface area contributed by atoms with Gasteiger partial charge in [0.15, 0.2) is 6.61 Å². The summed E-state index contributed by atoms with van der Waals surface area (Å²) in [6.45, 7) is -0.0794. The minimum atomic E-state index is -0.218. The topological polar surface area (TPSA) is 67.4 Å². The molecule has 2 aromatic carbocycles. The second-order valence-electron chi connectivity index (χ2n) is 6.23. The quantitative estimate of drug-likeness (QED) is 0.695. The van der Waals surface area contributed by atoms with Crippen LogP contribution in [0.25, 0.3) is 10.4 Å². The summed E-state index contributed by atoms with van der Waals surface area (Å²) in [5.74, 6) is 0.427. The molecular weight excluding hydrogens is 360 g/mol. The zero-order valence-corrected chi connectivity index (χ0v) is 15.3. The van der Waals surface area contributed by atoms with Crippen molar-refractivity contribution in [3.8, 4) is 16.2 Å². The molecule has 2 amide bonds. The van der Waals surface area contributed by atoms with Gasteiger partial charge in [-0.05, 0) is 47.7 Å². The number of benzene rings is 2. The first kappa shape index (κ1) is 17.3. The summed E-state index contributed by atoms with van der Waals surface area (Å²) in [7, 11) is 0. The van der Waals surface area contributed by atoms with Crippen LogP contribution in [0.1, 0.15) is 12.0 Å². The van der Waals surface area contributed by atoms with Crippen LogP contribution in [0.2, 0.25) is 0 Å². The summed E-state index contributed by atoms with van der Waals surface area (Å²) < 4.78 is 5.64. The molecule has 1 aliphatic heterocycles. The van der Waals surface area contributed by atoms with E-state index in [0.29, 0.717) is 18.6 Å². The maximum Gasteiger partial charge on any atom is 0.262 e. The third kappa shape index (κ3) is 4.01. The minimum absolute atomic E-state index is 0.0277. The maximum absolute atomic E-state index is 12.3. The molecule has 6 heteroatoms. The third-order valence-corrected chi connectivity index (χ3v) is 5.23. The van der Waals surface area contributed by atoms with Crippen LogP contribution in [0.15, 0.2) is 60.0 Å². The Balaban J connectivity index is 1.40. The van der Waals surface area contributed by atoms with Crippen LogP contribution < -0.4 is 15.4 Å². The lowest BCUT2D eigenvalue weighted by Gasteiger charge is -2.17. The Labute approximate surface area is 161 Å². The van der Waals surface area contributed by atoms with Gasteiger partial charge in [0.1, 0.15) is 5.75 Å². The molecule has 0 radical (unpaired) electrons. The van der Waals surface area contributed by atoms with Crippen LogP contribution in [-0.2, 0) is 16.0 Å². The van der Waals surface area contributed by atoms with Gasteiger partial charge in [-0.3, -0.25) is 9.59 Å². The average molecular weight is 378 g/mol. The van der Waals surface area contributed by atoms with Gasteiger partial charge in [0, 0.05) is 28.2 Å². The number of hydrogen-bond acceptors (Lipinski definition) is 4. The zero-order chi connectivity index (χ0) is 18.6. The first-order valence-electron chi connectivity index (χ1n) is 8.67. The van der Waals surface area contributed by atoms with Crippen LogP contribution in [0.3, 0.4) is 0 Å². The summed E-state index contributed by atoms with van der Waals surface area (Å²) in [6.07, 6.45) is 1.15. The fraction of sp³-hybridized carbons (Fsp3) is 0.143. The van der Waals surface area contributed by atoms with Crippen LogP contribution in [0.4, 0.5) is 11.4 Å². The van der Waals surface area contributed by atoms with Crippen molar-refractivity contribution in [1.82, 2.24) is 0 Å². The molecule has 0 spiro atoms. The normalized spacial score (nSPS) is 12.8. The van der Waals surface area contributed by atoms with E-state index in [1.54, 1.807) is 17.4 Å². The van der Waals surface area contributed by atoms with Crippen LogP contribution in [0, 0.1) is 0 Å². The summed E-state index contributed by atoms with van der Waals surface area (Å²) >= 11 is 1.63. The molecule has 0 bridgehead atoms. The molecule has 0 fully saturated rings. The molecule has 0 aliphatic carbocycles. The minimum Gasteiger partial charge on any atom is -0.484 e. The zero-order valence-electron chi connectivity index (χ0n) is 14.5. The van der Waals surface area contributed by atoms with E-state index < -0.39 is 0 Å². The summed E-state index contributed by atoms with van der Waals surface area (Å²) in [5.41, 5.74) is 3.59. The van der Waals surface area contributed by atoms with Gasteiger partial charge in [-0.1, -0.05) is 24.3 Å². The fourth-order valence-electron chi connectivity index (χ4n) is 3.02. The van der Waals surface area contributed by atoms with E-state index in [1.165, 1.54) is 0 Å². The van der Waals surface area contributed by atoms with Crippen molar-refractivity contribution in [2.75, 3.05) is 17.2 Å². The number of carbonyl (C=O) groups is 2. The molecule has 2 N–H and O–H groups in total. The lowest BCUT2D eigenvalue weighted by atomic mass is 10.0. The molecule has 0 saturated carbocycles. The summed E-state index contributed by atoms with van der Waals surface area (Å²) in [6, 6.07) is 17.2. The summed E-state index contributed by atoms with van der Waals surface area (Å²) in [4.78, 5) is 24.9. The SMILES string of the molecule is O=C1CCc2cc(OCC(=O)Nc3ccccc3-c3cccs3)ccc2N1. The Morgan fingerprint density at radius 2 is 2.00 bits per heavy atom. The second kappa shape index (κ2) is 7.63. The van der Waals surface area contributed by atoms with E-state index in [0.717, 1.165) is 27.4 Å². The second-order valence-corrected chi connectivity index (χ2v) is 7.17. The van der Waals surface area contributed by atoms with E-state index in [9.17, 15) is 9.59 Å². The average Bonchev–Trinajstić information content (AvgIpc) is 3.21. The lowest BCUT2D eigenvalue weighted by molar-refractivity contribution is -0.118. The molecule has 0 unspecified atom stereocenters. The third-order valence-electron chi connectivity index (χ3n) is 4.33. The first-order valence-corrected chi connectivity index (χ1v) is 9.55. The van der Waals surface area contributed by atoms with Crippen molar-refractivity contribution in [3.05, 3.63) is 65.5 Å². The fourth-order valence-corrected chi connectivity index (χ4v) is 3.79. The smallest absolute Gasteiger partial charge is 0.262 e. The Kier molecular flexibility index (Phi) is 4.89. The van der Waals surface area contributed by atoms with Gasteiger partial charge >= 0.3 is 0 Å². The van der Waals surface area contributed by atoms with Crippen molar-refractivity contribution >= 4 is 34.5 Å². The van der Waals surface area contributed by atoms with E-state index >= 15 is 0 Å². The predicted molar refractivity (Wildman–Crippen MR) is 107 cm³/mol.